The van der Waals surface area contributed by atoms with E-state index < -0.39 is 0 Å². The topological polar surface area (TPSA) is 26.3 Å². The quantitative estimate of drug-likeness (QED) is 0.446. The van der Waals surface area contributed by atoms with E-state index in [0.29, 0.717) is 23.6 Å². The Morgan fingerprint density at radius 3 is 2.93 bits per heavy atom. The average Bonchev–Trinajstić information content (AvgIpc) is 2.29. The third kappa shape index (κ3) is 3.30. The van der Waals surface area contributed by atoms with Crippen molar-refractivity contribution in [2.45, 2.75) is 6.42 Å². The molecular weight excluding hydrogens is 212 g/mol. The Labute approximate surface area is 94.2 Å². The zero-order valence-electron chi connectivity index (χ0n) is 8.42. The Bertz CT molecular complexity index is 402. The summed E-state index contributed by atoms with van der Waals surface area (Å²) < 4.78 is 5.06. The second-order valence-electron chi connectivity index (χ2n) is 2.82. The van der Waals surface area contributed by atoms with E-state index in [-0.39, 0.29) is 0 Å². The van der Waals surface area contributed by atoms with Crippen molar-refractivity contribution in [1.29, 1.82) is 0 Å². The van der Waals surface area contributed by atoms with Crippen molar-refractivity contribution >= 4 is 17.9 Å². The summed E-state index contributed by atoms with van der Waals surface area (Å²) in [6.45, 7) is 0. The van der Waals surface area contributed by atoms with Crippen molar-refractivity contribution in [3.05, 3.63) is 29.3 Å². The Kier molecular flexibility index (Phi) is 4.73. The van der Waals surface area contributed by atoms with Gasteiger partial charge in [0.15, 0.2) is 6.29 Å². The molecule has 0 unspecified atom stereocenters. The second kappa shape index (κ2) is 6.10. The molecule has 0 spiro atoms. The van der Waals surface area contributed by atoms with E-state index in [1.807, 2.05) is 0 Å². The van der Waals surface area contributed by atoms with Crippen LogP contribution in [0, 0.1) is 11.8 Å². The van der Waals surface area contributed by atoms with Gasteiger partial charge in [-0.15, -0.1) is 11.6 Å². The Balaban J connectivity index is 2.94. The minimum atomic E-state index is 0.524. The Morgan fingerprint density at radius 1 is 1.53 bits per heavy atom. The normalized spacial score (nSPS) is 8.93. The number of rotatable bonds is 3. The molecule has 0 aliphatic rings. The van der Waals surface area contributed by atoms with Crippen molar-refractivity contribution < 1.29 is 9.53 Å². The maximum atomic E-state index is 10.6. The van der Waals surface area contributed by atoms with Gasteiger partial charge in [-0.3, -0.25) is 4.79 Å². The fourth-order valence-electron chi connectivity index (χ4n) is 1.10. The van der Waals surface area contributed by atoms with Gasteiger partial charge in [0.2, 0.25) is 0 Å². The van der Waals surface area contributed by atoms with Gasteiger partial charge in [0, 0.05) is 17.9 Å². The molecule has 0 fully saturated rings. The van der Waals surface area contributed by atoms with Crippen LogP contribution >= 0.6 is 11.6 Å². The molecule has 2 nitrogen and oxygen atoms in total. The van der Waals surface area contributed by atoms with Crippen molar-refractivity contribution in [2.75, 3.05) is 13.0 Å². The fraction of sp³-hybridized carbons (Fsp3) is 0.250. The lowest BCUT2D eigenvalue weighted by molar-refractivity contribution is 0.112. The van der Waals surface area contributed by atoms with Crippen molar-refractivity contribution in [2.24, 2.45) is 0 Å². The molecular formula is C12H11ClO2. The molecule has 0 aliphatic heterocycles. The van der Waals surface area contributed by atoms with Crippen LogP contribution < -0.4 is 4.74 Å². The fourth-order valence-corrected chi connectivity index (χ4v) is 1.19. The molecule has 1 aromatic rings. The van der Waals surface area contributed by atoms with Gasteiger partial charge in [0.05, 0.1) is 12.7 Å². The molecule has 0 aliphatic carbocycles. The molecule has 0 aromatic heterocycles. The number of hydrogen-bond donors (Lipinski definition) is 0. The standard InChI is InChI=1S/C12H11ClO2/c1-15-12-8-10(4-2-3-7-13)5-6-11(12)9-14/h5-6,8-9H,3,7H2,1H3. The van der Waals surface area contributed by atoms with E-state index in [4.69, 9.17) is 16.3 Å². The summed E-state index contributed by atoms with van der Waals surface area (Å²) in [6, 6.07) is 5.22. The lowest BCUT2D eigenvalue weighted by Gasteiger charge is -2.02. The predicted octanol–water partition coefficient (Wildman–Crippen LogP) is 2.49. The first-order chi connectivity index (χ1) is 7.31. The van der Waals surface area contributed by atoms with Crippen LogP contribution in [0.25, 0.3) is 0 Å². The van der Waals surface area contributed by atoms with Crippen LogP contribution in [0.4, 0.5) is 0 Å². The van der Waals surface area contributed by atoms with E-state index in [9.17, 15) is 4.79 Å². The second-order valence-corrected chi connectivity index (χ2v) is 3.19. The van der Waals surface area contributed by atoms with Crippen molar-refractivity contribution in [3.63, 3.8) is 0 Å². The third-order valence-electron chi connectivity index (χ3n) is 1.81. The summed E-state index contributed by atoms with van der Waals surface area (Å²) >= 11 is 5.50. The van der Waals surface area contributed by atoms with Crippen LogP contribution in [0.1, 0.15) is 22.3 Å². The van der Waals surface area contributed by atoms with Gasteiger partial charge in [0.25, 0.3) is 0 Å². The lowest BCUT2D eigenvalue weighted by atomic mass is 10.1. The molecule has 0 amide bonds. The van der Waals surface area contributed by atoms with Gasteiger partial charge in [-0.2, -0.15) is 0 Å². The highest BCUT2D eigenvalue weighted by Gasteiger charge is 2.01. The van der Waals surface area contributed by atoms with Crippen LogP contribution in [0.3, 0.4) is 0 Å². The third-order valence-corrected chi connectivity index (χ3v) is 2.00. The first-order valence-electron chi connectivity index (χ1n) is 4.50. The number of alkyl halides is 1. The number of ether oxygens (including phenoxy) is 1. The molecule has 3 heteroatoms. The van der Waals surface area contributed by atoms with Crippen LogP contribution in [-0.4, -0.2) is 19.3 Å². The van der Waals surface area contributed by atoms with Gasteiger partial charge < -0.3 is 4.74 Å². The van der Waals surface area contributed by atoms with E-state index in [1.165, 1.54) is 7.11 Å². The van der Waals surface area contributed by atoms with Crippen LogP contribution in [-0.2, 0) is 0 Å². The summed E-state index contributed by atoms with van der Waals surface area (Å²) in [5.74, 6) is 6.92. The number of aldehydes is 1. The van der Waals surface area contributed by atoms with E-state index in [0.717, 1.165) is 11.8 Å². The lowest BCUT2D eigenvalue weighted by Crippen LogP contribution is -1.90. The van der Waals surface area contributed by atoms with Crippen LogP contribution in [0.5, 0.6) is 5.75 Å². The van der Waals surface area contributed by atoms with Crippen molar-refractivity contribution in [1.82, 2.24) is 0 Å². The molecule has 1 rings (SSSR count). The number of hydrogen-bond acceptors (Lipinski definition) is 2. The average molecular weight is 223 g/mol. The maximum absolute atomic E-state index is 10.6. The molecule has 15 heavy (non-hydrogen) atoms. The SMILES string of the molecule is COc1cc(C#CCCCl)ccc1C=O. The van der Waals surface area contributed by atoms with Crippen LogP contribution in [0.2, 0.25) is 0 Å². The molecule has 0 atom stereocenters. The summed E-state index contributed by atoms with van der Waals surface area (Å²) in [7, 11) is 1.53. The molecule has 0 bridgehead atoms. The zero-order chi connectivity index (χ0) is 11.1. The summed E-state index contributed by atoms with van der Waals surface area (Å²) in [6.07, 6.45) is 1.41. The summed E-state index contributed by atoms with van der Waals surface area (Å²) in [4.78, 5) is 10.6. The maximum Gasteiger partial charge on any atom is 0.153 e. The van der Waals surface area contributed by atoms with Crippen molar-refractivity contribution in [3.8, 4) is 17.6 Å². The highest BCUT2D eigenvalue weighted by atomic mass is 35.5. The highest BCUT2D eigenvalue weighted by Crippen LogP contribution is 2.17. The molecule has 0 heterocycles. The van der Waals surface area contributed by atoms with Crippen LogP contribution in [0.15, 0.2) is 18.2 Å². The zero-order valence-corrected chi connectivity index (χ0v) is 9.17. The van der Waals surface area contributed by atoms with Gasteiger partial charge in [-0.1, -0.05) is 11.8 Å². The number of halogens is 1. The van der Waals surface area contributed by atoms with E-state index in [2.05, 4.69) is 11.8 Å². The van der Waals surface area contributed by atoms with Gasteiger partial charge in [0.1, 0.15) is 5.75 Å². The molecule has 0 radical (unpaired) electrons. The number of benzene rings is 1. The Hall–Kier alpha value is -1.46. The largest absolute Gasteiger partial charge is 0.496 e. The summed E-state index contributed by atoms with van der Waals surface area (Å²) in [5, 5.41) is 0. The van der Waals surface area contributed by atoms with Gasteiger partial charge in [-0.05, 0) is 18.2 Å². The Morgan fingerprint density at radius 2 is 2.33 bits per heavy atom. The molecule has 0 N–H and O–H groups in total. The first-order valence-corrected chi connectivity index (χ1v) is 5.03. The monoisotopic (exact) mass is 222 g/mol. The number of carbonyl (C=O) groups is 1. The summed E-state index contributed by atoms with van der Waals surface area (Å²) in [5.41, 5.74) is 1.35. The number of methoxy groups -OCH3 is 1. The van der Waals surface area contributed by atoms with E-state index in [1.54, 1.807) is 18.2 Å². The molecule has 0 saturated heterocycles. The molecule has 1 aromatic carbocycles. The van der Waals surface area contributed by atoms with E-state index >= 15 is 0 Å². The smallest absolute Gasteiger partial charge is 0.153 e. The minimum Gasteiger partial charge on any atom is -0.496 e. The van der Waals surface area contributed by atoms with Gasteiger partial charge >= 0.3 is 0 Å². The predicted molar refractivity (Wildman–Crippen MR) is 60.6 cm³/mol. The molecule has 0 saturated carbocycles. The first kappa shape index (κ1) is 11.6. The minimum absolute atomic E-state index is 0.524. The highest BCUT2D eigenvalue weighted by molar-refractivity contribution is 6.18. The molecule has 78 valence electrons. The van der Waals surface area contributed by atoms with Gasteiger partial charge in [-0.25, -0.2) is 0 Å². The number of carbonyl (C=O) groups excluding carboxylic acids is 1.